The monoisotopic (exact) mass is 404 g/mol. The summed E-state index contributed by atoms with van der Waals surface area (Å²) in [6.07, 6.45) is 3.02. The van der Waals surface area contributed by atoms with Gasteiger partial charge >= 0.3 is 5.97 Å². The van der Waals surface area contributed by atoms with Crippen LogP contribution >= 0.6 is 23.1 Å². The predicted octanol–water partition coefficient (Wildman–Crippen LogP) is 3.70. The summed E-state index contributed by atoms with van der Waals surface area (Å²) in [6, 6.07) is 6.71. The van der Waals surface area contributed by atoms with Crippen LogP contribution in [0.1, 0.15) is 23.8 Å². The minimum atomic E-state index is -0.661. The standard InChI is InChI=1S/C18H16N2O5S2/c1-11(21)20-13(10-27-17(20)14-4-2-6-23-14)18(22)25-9-12-8-24-16(19-12)15-5-3-7-26-15/h2-8,13,17H,9-10H2,1H3/t13-,17-/m1/s1. The zero-order chi connectivity index (χ0) is 18.8. The lowest BCUT2D eigenvalue weighted by molar-refractivity contribution is -0.154. The van der Waals surface area contributed by atoms with Gasteiger partial charge in [-0.25, -0.2) is 9.78 Å². The Morgan fingerprint density at radius 3 is 2.93 bits per heavy atom. The van der Waals surface area contributed by atoms with Crippen molar-refractivity contribution in [2.45, 2.75) is 24.9 Å². The van der Waals surface area contributed by atoms with Crippen LogP contribution in [-0.2, 0) is 20.9 Å². The Balaban J connectivity index is 1.41. The summed E-state index contributed by atoms with van der Waals surface area (Å²) in [6.45, 7) is 1.43. The Morgan fingerprint density at radius 2 is 2.22 bits per heavy atom. The molecule has 0 radical (unpaired) electrons. The van der Waals surface area contributed by atoms with Crippen LogP contribution in [0.25, 0.3) is 10.8 Å². The van der Waals surface area contributed by atoms with Crippen LogP contribution < -0.4 is 0 Å². The number of hydrogen-bond acceptors (Lipinski definition) is 8. The van der Waals surface area contributed by atoms with Crippen molar-refractivity contribution in [3.8, 4) is 10.8 Å². The molecule has 1 saturated heterocycles. The van der Waals surface area contributed by atoms with Crippen LogP contribution in [0.2, 0.25) is 0 Å². The summed E-state index contributed by atoms with van der Waals surface area (Å²) in [5.74, 6) is 0.916. The van der Waals surface area contributed by atoms with Gasteiger partial charge in [-0.05, 0) is 23.6 Å². The lowest BCUT2D eigenvalue weighted by Gasteiger charge is -2.25. The van der Waals surface area contributed by atoms with Crippen molar-refractivity contribution < 1.29 is 23.2 Å². The number of esters is 1. The van der Waals surface area contributed by atoms with Gasteiger partial charge < -0.3 is 18.5 Å². The van der Waals surface area contributed by atoms with E-state index in [0.29, 0.717) is 23.1 Å². The SMILES string of the molecule is CC(=O)N1[C@@H](C(=O)OCc2coc(-c3cccs3)n2)CS[C@@H]1c1ccco1. The third-order valence-corrected chi connectivity index (χ3v) is 6.21. The molecule has 7 nitrogen and oxygen atoms in total. The van der Waals surface area contributed by atoms with Crippen LogP contribution in [0.3, 0.4) is 0 Å². The van der Waals surface area contributed by atoms with Gasteiger partial charge in [0, 0.05) is 12.7 Å². The van der Waals surface area contributed by atoms with Gasteiger partial charge in [-0.2, -0.15) is 0 Å². The molecule has 0 aliphatic carbocycles. The summed E-state index contributed by atoms with van der Waals surface area (Å²) in [5, 5.41) is 1.61. The highest BCUT2D eigenvalue weighted by Gasteiger charge is 2.43. The molecular formula is C18H16N2O5S2. The quantitative estimate of drug-likeness (QED) is 0.599. The van der Waals surface area contributed by atoms with E-state index in [4.69, 9.17) is 13.6 Å². The molecule has 0 saturated carbocycles. The molecule has 0 aromatic carbocycles. The van der Waals surface area contributed by atoms with Gasteiger partial charge in [0.25, 0.3) is 0 Å². The van der Waals surface area contributed by atoms with Crippen molar-refractivity contribution in [3.05, 3.63) is 53.6 Å². The predicted molar refractivity (Wildman–Crippen MR) is 99.8 cm³/mol. The van der Waals surface area contributed by atoms with Gasteiger partial charge in [0.05, 0.1) is 11.1 Å². The number of furan rings is 1. The lowest BCUT2D eigenvalue weighted by atomic mass is 10.2. The molecule has 0 N–H and O–H groups in total. The highest BCUT2D eigenvalue weighted by Crippen LogP contribution is 2.41. The van der Waals surface area contributed by atoms with Gasteiger partial charge in [0.1, 0.15) is 35.7 Å². The van der Waals surface area contributed by atoms with Gasteiger partial charge in [0.15, 0.2) is 0 Å². The zero-order valence-electron chi connectivity index (χ0n) is 14.4. The number of aromatic nitrogens is 1. The summed E-state index contributed by atoms with van der Waals surface area (Å²) in [5.41, 5.74) is 0.523. The molecule has 0 unspecified atom stereocenters. The second kappa shape index (κ2) is 7.61. The van der Waals surface area contributed by atoms with E-state index in [2.05, 4.69) is 4.98 Å². The van der Waals surface area contributed by atoms with Crippen LogP contribution in [0.4, 0.5) is 0 Å². The van der Waals surface area contributed by atoms with E-state index >= 15 is 0 Å². The average Bonchev–Trinajstić information content (AvgIpc) is 3.45. The first-order valence-electron chi connectivity index (χ1n) is 8.22. The second-order valence-corrected chi connectivity index (χ2v) is 7.93. The molecule has 0 spiro atoms. The summed E-state index contributed by atoms with van der Waals surface area (Å²) >= 11 is 2.99. The van der Waals surface area contributed by atoms with Crippen molar-refractivity contribution >= 4 is 35.0 Å². The van der Waals surface area contributed by atoms with E-state index in [-0.39, 0.29) is 17.9 Å². The maximum atomic E-state index is 12.6. The fourth-order valence-corrected chi connectivity index (χ4v) is 4.92. The molecule has 27 heavy (non-hydrogen) atoms. The summed E-state index contributed by atoms with van der Waals surface area (Å²) < 4.78 is 16.2. The highest BCUT2D eigenvalue weighted by atomic mass is 32.2. The lowest BCUT2D eigenvalue weighted by Crippen LogP contribution is -2.42. The number of rotatable bonds is 5. The van der Waals surface area contributed by atoms with E-state index in [0.717, 1.165) is 4.88 Å². The van der Waals surface area contributed by atoms with Gasteiger partial charge in [-0.15, -0.1) is 23.1 Å². The number of oxazole rings is 1. The summed E-state index contributed by atoms with van der Waals surface area (Å²) in [4.78, 5) is 31.4. The van der Waals surface area contributed by atoms with Crippen molar-refractivity contribution in [3.63, 3.8) is 0 Å². The topological polar surface area (TPSA) is 85.8 Å². The van der Waals surface area contributed by atoms with Crippen LogP contribution in [0.15, 0.2) is 51.0 Å². The number of carbonyl (C=O) groups is 2. The van der Waals surface area contributed by atoms with Gasteiger partial charge in [-0.3, -0.25) is 4.79 Å². The number of thioether (sulfide) groups is 1. The molecular weight excluding hydrogens is 388 g/mol. The molecule has 1 aliphatic heterocycles. The van der Waals surface area contributed by atoms with E-state index in [1.807, 2.05) is 17.5 Å². The number of hydrogen-bond donors (Lipinski definition) is 0. The third-order valence-electron chi connectivity index (χ3n) is 4.07. The van der Waals surface area contributed by atoms with Crippen LogP contribution in [-0.4, -0.2) is 33.6 Å². The fraction of sp³-hybridized carbons (Fsp3) is 0.278. The first-order chi connectivity index (χ1) is 13.1. The van der Waals surface area contributed by atoms with Crippen molar-refractivity contribution in [2.24, 2.45) is 0 Å². The van der Waals surface area contributed by atoms with Crippen molar-refractivity contribution in [1.29, 1.82) is 0 Å². The number of carbonyl (C=O) groups excluding carboxylic acids is 2. The Morgan fingerprint density at radius 1 is 1.33 bits per heavy atom. The number of ether oxygens (including phenoxy) is 1. The molecule has 1 fully saturated rings. The maximum absolute atomic E-state index is 12.6. The number of thiophene rings is 1. The molecule has 3 aromatic rings. The van der Waals surface area contributed by atoms with E-state index < -0.39 is 12.0 Å². The molecule has 2 atom stereocenters. The molecule has 1 aliphatic rings. The highest BCUT2D eigenvalue weighted by molar-refractivity contribution is 7.99. The molecule has 9 heteroatoms. The third kappa shape index (κ3) is 3.65. The largest absolute Gasteiger partial charge is 0.466 e. The Labute approximate surface area is 163 Å². The average molecular weight is 404 g/mol. The zero-order valence-corrected chi connectivity index (χ0v) is 16.0. The number of amides is 1. The second-order valence-electron chi connectivity index (χ2n) is 5.87. The minimum absolute atomic E-state index is 0.00790. The van der Waals surface area contributed by atoms with Crippen LogP contribution in [0, 0.1) is 0 Å². The normalized spacial score (nSPS) is 19.4. The first kappa shape index (κ1) is 17.9. The fourth-order valence-electron chi connectivity index (χ4n) is 2.85. The first-order valence-corrected chi connectivity index (χ1v) is 10.1. The van der Waals surface area contributed by atoms with E-state index in [1.165, 1.54) is 41.2 Å². The van der Waals surface area contributed by atoms with Gasteiger partial charge in [0.2, 0.25) is 11.8 Å². The molecule has 1 amide bonds. The number of nitrogens with zero attached hydrogens (tertiary/aromatic N) is 2. The Bertz CT molecular complexity index is 920. The maximum Gasteiger partial charge on any atom is 0.330 e. The Hall–Kier alpha value is -2.52. The molecule has 3 aromatic heterocycles. The molecule has 4 heterocycles. The van der Waals surface area contributed by atoms with Crippen molar-refractivity contribution in [1.82, 2.24) is 9.88 Å². The smallest absolute Gasteiger partial charge is 0.330 e. The van der Waals surface area contributed by atoms with E-state index in [1.54, 1.807) is 18.4 Å². The Kier molecular flexibility index (Phi) is 5.04. The van der Waals surface area contributed by atoms with E-state index in [9.17, 15) is 9.59 Å². The minimum Gasteiger partial charge on any atom is -0.466 e. The van der Waals surface area contributed by atoms with Gasteiger partial charge in [-0.1, -0.05) is 6.07 Å². The van der Waals surface area contributed by atoms with Crippen molar-refractivity contribution in [2.75, 3.05) is 5.75 Å². The molecule has 140 valence electrons. The summed E-state index contributed by atoms with van der Waals surface area (Å²) in [7, 11) is 0. The van der Waals surface area contributed by atoms with Crippen LogP contribution in [0.5, 0.6) is 0 Å². The molecule has 4 rings (SSSR count). The molecule has 0 bridgehead atoms.